The minimum Gasteiger partial charge on any atom is -0.461 e. The van der Waals surface area contributed by atoms with Gasteiger partial charge in [0, 0.05) is 24.0 Å². The first-order valence-electron chi connectivity index (χ1n) is 13.3. The molecular formula is C28H32ClF2N5O. The van der Waals surface area contributed by atoms with Crippen molar-refractivity contribution in [2.45, 2.75) is 56.9 Å². The lowest BCUT2D eigenvalue weighted by molar-refractivity contribution is 0.108. The van der Waals surface area contributed by atoms with Gasteiger partial charge in [-0.25, -0.2) is 8.78 Å². The van der Waals surface area contributed by atoms with E-state index in [-0.39, 0.29) is 33.3 Å². The van der Waals surface area contributed by atoms with Gasteiger partial charge in [0.1, 0.15) is 23.8 Å². The number of hydrogen-bond acceptors (Lipinski definition) is 6. The fraction of sp³-hybridized carbons (Fsp3) is 0.500. The summed E-state index contributed by atoms with van der Waals surface area (Å²) in [5.74, 6) is -0.492. The average Bonchev–Trinajstić information content (AvgIpc) is 3.34. The SMILES string of the molecule is Nc1cc(-c2c(Cl)cc3c(N4CCCCCC4)nc(OCC45CCCN4CCC5)nc3c2F)ccc1F. The molecule has 2 aromatic carbocycles. The van der Waals surface area contributed by atoms with Crippen molar-refractivity contribution in [2.24, 2.45) is 0 Å². The summed E-state index contributed by atoms with van der Waals surface area (Å²) in [5.41, 5.74) is 6.42. The van der Waals surface area contributed by atoms with E-state index < -0.39 is 11.6 Å². The third-order valence-corrected chi connectivity index (χ3v) is 8.61. The van der Waals surface area contributed by atoms with E-state index in [0.717, 1.165) is 77.5 Å². The molecule has 6 rings (SSSR count). The fourth-order valence-corrected chi connectivity index (χ4v) is 6.67. The van der Waals surface area contributed by atoms with Crippen LogP contribution in [0.4, 0.5) is 20.3 Å². The third kappa shape index (κ3) is 4.48. The van der Waals surface area contributed by atoms with Crippen LogP contribution in [0.15, 0.2) is 24.3 Å². The highest BCUT2D eigenvalue weighted by molar-refractivity contribution is 6.34. The number of hydrogen-bond donors (Lipinski definition) is 1. The van der Waals surface area contributed by atoms with Crippen molar-refractivity contribution in [3.05, 3.63) is 40.9 Å². The second kappa shape index (κ2) is 9.87. The van der Waals surface area contributed by atoms with Gasteiger partial charge in [-0.2, -0.15) is 9.97 Å². The van der Waals surface area contributed by atoms with E-state index in [1.165, 1.54) is 18.2 Å². The van der Waals surface area contributed by atoms with Gasteiger partial charge in [0.05, 0.1) is 16.2 Å². The number of nitrogens with two attached hydrogens (primary N) is 1. The van der Waals surface area contributed by atoms with Gasteiger partial charge in [-0.1, -0.05) is 30.5 Å². The molecule has 3 fully saturated rings. The molecular weight excluding hydrogens is 496 g/mol. The van der Waals surface area contributed by atoms with Crippen molar-refractivity contribution in [1.29, 1.82) is 0 Å². The Morgan fingerprint density at radius 3 is 2.38 bits per heavy atom. The van der Waals surface area contributed by atoms with Gasteiger partial charge in [-0.05, 0) is 75.4 Å². The summed E-state index contributed by atoms with van der Waals surface area (Å²) in [6.45, 7) is 4.35. The van der Waals surface area contributed by atoms with Gasteiger partial charge < -0.3 is 15.4 Å². The van der Waals surface area contributed by atoms with E-state index in [2.05, 4.69) is 14.8 Å². The average molecular weight is 528 g/mol. The van der Waals surface area contributed by atoms with Crippen LogP contribution in [-0.2, 0) is 0 Å². The van der Waals surface area contributed by atoms with Crippen LogP contribution in [-0.4, -0.2) is 53.2 Å². The Balaban J connectivity index is 1.45. The molecule has 0 spiro atoms. The van der Waals surface area contributed by atoms with Crippen LogP contribution in [0.3, 0.4) is 0 Å². The largest absolute Gasteiger partial charge is 0.461 e. The van der Waals surface area contributed by atoms with E-state index in [4.69, 9.17) is 27.1 Å². The molecule has 6 nitrogen and oxygen atoms in total. The summed E-state index contributed by atoms with van der Waals surface area (Å²) in [6.07, 6.45) is 8.93. The molecule has 0 amide bonds. The topological polar surface area (TPSA) is 67.5 Å². The lowest BCUT2D eigenvalue weighted by Gasteiger charge is -2.31. The van der Waals surface area contributed by atoms with Gasteiger partial charge in [-0.15, -0.1) is 0 Å². The Labute approximate surface area is 220 Å². The van der Waals surface area contributed by atoms with Gasteiger partial charge in [0.15, 0.2) is 5.82 Å². The van der Waals surface area contributed by atoms with Crippen molar-refractivity contribution in [3.8, 4) is 17.1 Å². The molecule has 37 heavy (non-hydrogen) atoms. The predicted octanol–water partition coefficient (Wildman–Crippen LogP) is 6.20. The lowest BCUT2D eigenvalue weighted by Crippen LogP contribution is -2.43. The summed E-state index contributed by atoms with van der Waals surface area (Å²) in [6, 6.07) is 5.99. The summed E-state index contributed by atoms with van der Waals surface area (Å²) < 4.78 is 36.3. The van der Waals surface area contributed by atoms with Gasteiger partial charge >= 0.3 is 6.01 Å². The Hall–Kier alpha value is -2.71. The molecule has 3 aliphatic heterocycles. The van der Waals surface area contributed by atoms with Crippen LogP contribution in [0.1, 0.15) is 51.4 Å². The highest BCUT2D eigenvalue weighted by Gasteiger charge is 2.45. The van der Waals surface area contributed by atoms with Gasteiger partial charge in [0.25, 0.3) is 0 Å². The normalized spacial score (nSPS) is 19.8. The van der Waals surface area contributed by atoms with Crippen LogP contribution in [0.5, 0.6) is 6.01 Å². The zero-order valence-electron chi connectivity index (χ0n) is 20.9. The number of anilines is 2. The number of benzene rings is 2. The molecule has 4 heterocycles. The van der Waals surface area contributed by atoms with E-state index >= 15 is 4.39 Å². The summed E-state index contributed by atoms with van der Waals surface area (Å²) in [5, 5.41) is 0.757. The molecule has 0 unspecified atom stereocenters. The predicted molar refractivity (Wildman–Crippen MR) is 143 cm³/mol. The highest BCUT2D eigenvalue weighted by Crippen LogP contribution is 2.41. The van der Waals surface area contributed by atoms with Gasteiger partial charge in [-0.3, -0.25) is 4.90 Å². The number of rotatable bonds is 5. The summed E-state index contributed by atoms with van der Waals surface area (Å²) >= 11 is 6.64. The first kappa shape index (κ1) is 24.6. The minimum atomic E-state index is -0.585. The number of aromatic nitrogens is 2. The molecule has 0 aliphatic carbocycles. The van der Waals surface area contributed by atoms with Crippen LogP contribution in [0.2, 0.25) is 5.02 Å². The van der Waals surface area contributed by atoms with Crippen molar-refractivity contribution in [2.75, 3.05) is 43.4 Å². The Kier molecular flexibility index (Phi) is 6.57. The molecule has 0 bridgehead atoms. The maximum atomic E-state index is 16.2. The van der Waals surface area contributed by atoms with Crippen molar-refractivity contribution >= 4 is 34.0 Å². The first-order chi connectivity index (χ1) is 17.9. The molecule has 9 heteroatoms. The minimum absolute atomic E-state index is 0.0242. The zero-order chi connectivity index (χ0) is 25.6. The fourth-order valence-electron chi connectivity index (χ4n) is 6.37. The summed E-state index contributed by atoms with van der Waals surface area (Å²) in [7, 11) is 0. The van der Waals surface area contributed by atoms with E-state index in [1.807, 2.05) is 0 Å². The zero-order valence-corrected chi connectivity index (χ0v) is 21.7. The van der Waals surface area contributed by atoms with E-state index in [1.54, 1.807) is 6.07 Å². The molecule has 196 valence electrons. The second-order valence-corrected chi connectivity index (χ2v) is 11.0. The number of nitrogens with zero attached hydrogens (tertiary/aromatic N) is 4. The number of ether oxygens (including phenoxy) is 1. The lowest BCUT2D eigenvalue weighted by atomic mass is 9.95. The second-order valence-electron chi connectivity index (χ2n) is 10.6. The molecule has 0 saturated carbocycles. The quantitative estimate of drug-likeness (QED) is 0.399. The van der Waals surface area contributed by atoms with Crippen LogP contribution in [0.25, 0.3) is 22.0 Å². The first-order valence-corrected chi connectivity index (χ1v) is 13.7. The smallest absolute Gasteiger partial charge is 0.319 e. The molecule has 3 aliphatic rings. The number of halogens is 3. The standard InChI is InChI=1S/C28H32ClF2N5O/c29-20-16-19-25(24(31)23(20)18-7-8-21(30)22(32)15-18)33-27(34-26(19)35-11-3-1-2-4-12-35)37-17-28-9-5-13-36(28)14-6-10-28/h7-8,15-16H,1-6,9-14,17,32H2. The van der Waals surface area contributed by atoms with E-state index in [9.17, 15) is 4.39 Å². The Bertz CT molecular complexity index is 1320. The highest BCUT2D eigenvalue weighted by atomic mass is 35.5. The van der Waals surface area contributed by atoms with Crippen molar-refractivity contribution in [1.82, 2.24) is 14.9 Å². The number of fused-ring (bicyclic) bond motifs is 2. The Morgan fingerprint density at radius 1 is 0.946 bits per heavy atom. The number of nitrogen functional groups attached to an aromatic ring is 1. The van der Waals surface area contributed by atoms with Crippen molar-refractivity contribution < 1.29 is 13.5 Å². The Morgan fingerprint density at radius 2 is 1.68 bits per heavy atom. The molecule has 0 atom stereocenters. The molecule has 2 N–H and O–H groups in total. The third-order valence-electron chi connectivity index (χ3n) is 8.31. The van der Waals surface area contributed by atoms with Crippen LogP contribution >= 0.6 is 11.6 Å². The monoisotopic (exact) mass is 527 g/mol. The molecule has 0 radical (unpaired) electrons. The molecule has 1 aromatic heterocycles. The van der Waals surface area contributed by atoms with Crippen molar-refractivity contribution in [3.63, 3.8) is 0 Å². The molecule has 3 aromatic rings. The molecule has 3 saturated heterocycles. The van der Waals surface area contributed by atoms with Gasteiger partial charge in [0.2, 0.25) is 0 Å². The maximum absolute atomic E-state index is 16.2. The van der Waals surface area contributed by atoms with Crippen LogP contribution < -0.4 is 15.4 Å². The van der Waals surface area contributed by atoms with Crippen LogP contribution in [0, 0.1) is 11.6 Å². The van der Waals surface area contributed by atoms with E-state index in [0.29, 0.717) is 23.4 Å². The maximum Gasteiger partial charge on any atom is 0.319 e. The summed E-state index contributed by atoms with van der Waals surface area (Å²) in [4.78, 5) is 14.1.